The number of rotatable bonds is 5. The predicted octanol–water partition coefficient (Wildman–Crippen LogP) is 1.02. The topological polar surface area (TPSA) is 100 Å². The van der Waals surface area contributed by atoms with E-state index in [1.165, 1.54) is 14.2 Å². The van der Waals surface area contributed by atoms with Gasteiger partial charge in [0.15, 0.2) is 11.5 Å². The minimum absolute atomic E-state index is 0.139. The summed E-state index contributed by atoms with van der Waals surface area (Å²) < 4.78 is 15.4. The number of nitrogens with zero attached hydrogens (tertiary/aromatic N) is 2. The average molecular weight is 263 g/mol. The summed E-state index contributed by atoms with van der Waals surface area (Å²) in [7, 11) is 2.98. The highest BCUT2D eigenvalue weighted by Gasteiger charge is 2.18. The Kier molecular flexibility index (Phi) is 3.76. The number of aromatic nitrogens is 2. The molecule has 0 aliphatic rings. The second-order valence-electron chi connectivity index (χ2n) is 3.64. The number of aldehydes is 1. The fourth-order valence-corrected chi connectivity index (χ4v) is 1.67. The SMILES string of the molecule is COc1cc(C=O)cc(-c2noc(CN)n2)c1OC. The molecule has 100 valence electrons. The van der Waals surface area contributed by atoms with Crippen molar-refractivity contribution in [2.45, 2.75) is 6.54 Å². The lowest BCUT2D eigenvalue weighted by Gasteiger charge is -2.11. The van der Waals surface area contributed by atoms with E-state index < -0.39 is 0 Å². The van der Waals surface area contributed by atoms with Gasteiger partial charge in [-0.1, -0.05) is 5.16 Å². The molecule has 0 saturated heterocycles. The van der Waals surface area contributed by atoms with Gasteiger partial charge in [-0.2, -0.15) is 4.98 Å². The average Bonchev–Trinajstić information content (AvgIpc) is 2.94. The third-order valence-corrected chi connectivity index (χ3v) is 2.52. The molecule has 0 atom stereocenters. The van der Waals surface area contributed by atoms with Crippen LogP contribution in [0.15, 0.2) is 16.7 Å². The fraction of sp³-hybridized carbons (Fsp3) is 0.250. The Morgan fingerprint density at radius 1 is 1.37 bits per heavy atom. The Morgan fingerprint density at radius 3 is 2.68 bits per heavy atom. The zero-order chi connectivity index (χ0) is 13.8. The van der Waals surface area contributed by atoms with Crippen molar-refractivity contribution >= 4 is 6.29 Å². The minimum Gasteiger partial charge on any atom is -0.493 e. The van der Waals surface area contributed by atoms with Crippen molar-refractivity contribution in [1.82, 2.24) is 10.1 Å². The summed E-state index contributed by atoms with van der Waals surface area (Å²) >= 11 is 0. The van der Waals surface area contributed by atoms with Gasteiger partial charge < -0.3 is 19.7 Å². The number of methoxy groups -OCH3 is 2. The van der Waals surface area contributed by atoms with Gasteiger partial charge in [0.1, 0.15) is 6.29 Å². The molecule has 0 bridgehead atoms. The highest BCUT2D eigenvalue weighted by atomic mass is 16.5. The fourth-order valence-electron chi connectivity index (χ4n) is 1.67. The van der Waals surface area contributed by atoms with Crippen LogP contribution in [0, 0.1) is 0 Å². The highest BCUT2D eigenvalue weighted by Crippen LogP contribution is 2.37. The largest absolute Gasteiger partial charge is 0.493 e. The lowest BCUT2D eigenvalue weighted by molar-refractivity contribution is 0.112. The molecule has 0 amide bonds. The van der Waals surface area contributed by atoms with E-state index in [-0.39, 0.29) is 6.54 Å². The summed E-state index contributed by atoms with van der Waals surface area (Å²) in [6, 6.07) is 3.17. The second-order valence-corrected chi connectivity index (χ2v) is 3.64. The summed E-state index contributed by atoms with van der Waals surface area (Å²) in [4.78, 5) is 15.0. The second kappa shape index (κ2) is 5.49. The van der Waals surface area contributed by atoms with Crippen LogP contribution in [0.25, 0.3) is 11.4 Å². The van der Waals surface area contributed by atoms with Gasteiger partial charge in [-0.3, -0.25) is 4.79 Å². The van der Waals surface area contributed by atoms with Gasteiger partial charge in [0.2, 0.25) is 11.7 Å². The van der Waals surface area contributed by atoms with Crippen molar-refractivity contribution < 1.29 is 18.8 Å². The van der Waals surface area contributed by atoms with E-state index in [9.17, 15) is 4.79 Å². The zero-order valence-corrected chi connectivity index (χ0v) is 10.5. The Labute approximate surface area is 109 Å². The Bertz CT molecular complexity index is 595. The van der Waals surface area contributed by atoms with Crippen molar-refractivity contribution in [1.29, 1.82) is 0 Å². The number of nitrogens with two attached hydrogens (primary N) is 1. The molecule has 0 aliphatic heterocycles. The van der Waals surface area contributed by atoms with E-state index in [1.807, 2.05) is 0 Å². The lowest BCUT2D eigenvalue weighted by Crippen LogP contribution is -1.98. The van der Waals surface area contributed by atoms with Gasteiger partial charge in [0.05, 0.1) is 26.3 Å². The first-order chi connectivity index (χ1) is 9.23. The summed E-state index contributed by atoms with van der Waals surface area (Å²) in [6.45, 7) is 0.139. The van der Waals surface area contributed by atoms with Crippen LogP contribution < -0.4 is 15.2 Å². The third-order valence-electron chi connectivity index (χ3n) is 2.52. The zero-order valence-electron chi connectivity index (χ0n) is 10.5. The number of hydrogen-bond acceptors (Lipinski definition) is 7. The summed E-state index contributed by atoms with van der Waals surface area (Å²) in [5.74, 6) is 1.44. The van der Waals surface area contributed by atoms with Gasteiger partial charge in [0.25, 0.3) is 0 Å². The van der Waals surface area contributed by atoms with E-state index >= 15 is 0 Å². The highest BCUT2D eigenvalue weighted by molar-refractivity contribution is 5.82. The molecule has 2 rings (SSSR count). The van der Waals surface area contributed by atoms with E-state index in [0.717, 1.165) is 0 Å². The van der Waals surface area contributed by atoms with Crippen molar-refractivity contribution in [2.24, 2.45) is 5.73 Å². The van der Waals surface area contributed by atoms with Crippen LogP contribution in [0.2, 0.25) is 0 Å². The first-order valence-corrected chi connectivity index (χ1v) is 5.47. The first-order valence-electron chi connectivity index (χ1n) is 5.47. The van der Waals surface area contributed by atoms with Crippen LogP contribution in [0.5, 0.6) is 11.5 Å². The number of hydrogen-bond donors (Lipinski definition) is 1. The maximum atomic E-state index is 10.9. The molecule has 0 fully saturated rings. The maximum Gasteiger partial charge on any atom is 0.240 e. The van der Waals surface area contributed by atoms with Crippen LogP contribution in [-0.2, 0) is 6.54 Å². The molecule has 1 heterocycles. The minimum atomic E-state index is 0.139. The van der Waals surface area contributed by atoms with Crippen molar-refractivity contribution in [3.05, 3.63) is 23.6 Å². The number of carbonyl (C=O) groups excluding carboxylic acids is 1. The molecule has 0 spiro atoms. The monoisotopic (exact) mass is 263 g/mol. The summed E-state index contributed by atoms with van der Waals surface area (Å²) in [5, 5.41) is 3.80. The van der Waals surface area contributed by atoms with Crippen molar-refractivity contribution in [3.8, 4) is 22.9 Å². The van der Waals surface area contributed by atoms with E-state index in [4.69, 9.17) is 19.7 Å². The van der Waals surface area contributed by atoms with E-state index in [2.05, 4.69) is 10.1 Å². The van der Waals surface area contributed by atoms with Crippen LogP contribution in [0.3, 0.4) is 0 Å². The smallest absolute Gasteiger partial charge is 0.240 e. The van der Waals surface area contributed by atoms with Gasteiger partial charge in [-0.05, 0) is 12.1 Å². The molecular weight excluding hydrogens is 250 g/mol. The van der Waals surface area contributed by atoms with Crippen LogP contribution in [-0.4, -0.2) is 30.6 Å². The Balaban J connectivity index is 2.62. The van der Waals surface area contributed by atoms with E-state index in [1.54, 1.807) is 12.1 Å². The standard InChI is InChI=1S/C12H13N3O4/c1-17-9-4-7(6-16)3-8(11(9)18-2)12-14-10(5-13)19-15-12/h3-4,6H,5,13H2,1-2H3. The lowest BCUT2D eigenvalue weighted by atomic mass is 10.1. The van der Waals surface area contributed by atoms with Crippen molar-refractivity contribution in [2.75, 3.05) is 14.2 Å². The number of ether oxygens (including phenoxy) is 2. The van der Waals surface area contributed by atoms with Crippen LogP contribution >= 0.6 is 0 Å². The molecule has 0 saturated carbocycles. The molecule has 7 heteroatoms. The molecule has 1 aromatic heterocycles. The van der Waals surface area contributed by atoms with Gasteiger partial charge >= 0.3 is 0 Å². The number of carbonyl (C=O) groups is 1. The molecule has 19 heavy (non-hydrogen) atoms. The number of benzene rings is 1. The van der Waals surface area contributed by atoms with Crippen molar-refractivity contribution in [3.63, 3.8) is 0 Å². The Hall–Kier alpha value is -2.41. The predicted molar refractivity (Wildman–Crippen MR) is 66.1 cm³/mol. The molecule has 1 aromatic carbocycles. The summed E-state index contributed by atoms with van der Waals surface area (Å²) in [5.41, 5.74) is 6.35. The molecule has 2 N–H and O–H groups in total. The third kappa shape index (κ3) is 2.41. The van der Waals surface area contributed by atoms with Crippen LogP contribution in [0.4, 0.5) is 0 Å². The van der Waals surface area contributed by atoms with E-state index in [0.29, 0.717) is 40.6 Å². The maximum absolute atomic E-state index is 10.9. The molecule has 0 aliphatic carbocycles. The molecule has 7 nitrogen and oxygen atoms in total. The van der Waals surface area contributed by atoms with Gasteiger partial charge in [-0.15, -0.1) is 0 Å². The molecule has 0 unspecified atom stereocenters. The summed E-state index contributed by atoms with van der Waals surface area (Å²) in [6.07, 6.45) is 0.704. The van der Waals surface area contributed by atoms with Crippen LogP contribution in [0.1, 0.15) is 16.2 Å². The van der Waals surface area contributed by atoms with Gasteiger partial charge in [-0.25, -0.2) is 0 Å². The quantitative estimate of drug-likeness (QED) is 0.804. The first kappa shape index (κ1) is 13.0. The molecule has 2 aromatic rings. The normalized spacial score (nSPS) is 10.3. The molecule has 0 radical (unpaired) electrons. The molecular formula is C12H13N3O4. The Morgan fingerprint density at radius 2 is 2.16 bits per heavy atom. The van der Waals surface area contributed by atoms with Gasteiger partial charge in [0, 0.05) is 5.56 Å².